The molecular weight excluding hydrogens is 214 g/mol. The summed E-state index contributed by atoms with van der Waals surface area (Å²) in [5.41, 5.74) is 3.50. The molecular formula is C14H23NO2. The van der Waals surface area contributed by atoms with Gasteiger partial charge in [-0.25, -0.2) is 0 Å². The number of hydrogen-bond acceptors (Lipinski definition) is 3. The van der Waals surface area contributed by atoms with Gasteiger partial charge in [-0.15, -0.1) is 0 Å². The summed E-state index contributed by atoms with van der Waals surface area (Å²) in [5, 5.41) is 18.5. The van der Waals surface area contributed by atoms with Crippen molar-refractivity contribution in [3.63, 3.8) is 0 Å². The van der Waals surface area contributed by atoms with E-state index in [1.807, 2.05) is 18.9 Å². The van der Waals surface area contributed by atoms with E-state index >= 15 is 0 Å². The van der Waals surface area contributed by atoms with Crippen LogP contribution in [-0.4, -0.2) is 36.5 Å². The second kappa shape index (κ2) is 6.03. The summed E-state index contributed by atoms with van der Waals surface area (Å²) in [6.07, 6.45) is 0. The number of benzene rings is 1. The summed E-state index contributed by atoms with van der Waals surface area (Å²) < 4.78 is 0. The van der Waals surface area contributed by atoms with Gasteiger partial charge in [0, 0.05) is 12.7 Å². The Morgan fingerprint density at radius 1 is 1.18 bits per heavy atom. The number of likely N-dealkylation sites (N-methyl/N-ethyl adjacent to an activating group) is 1. The molecule has 1 aromatic carbocycles. The highest BCUT2D eigenvalue weighted by molar-refractivity contribution is 5.55. The fourth-order valence-corrected chi connectivity index (χ4v) is 1.86. The lowest BCUT2D eigenvalue weighted by molar-refractivity contribution is 0.190. The van der Waals surface area contributed by atoms with Crippen molar-refractivity contribution < 1.29 is 10.2 Å². The van der Waals surface area contributed by atoms with Crippen molar-refractivity contribution in [3.05, 3.63) is 29.3 Å². The fourth-order valence-electron chi connectivity index (χ4n) is 1.86. The third-order valence-corrected chi connectivity index (χ3v) is 3.25. The summed E-state index contributed by atoms with van der Waals surface area (Å²) in [5.74, 6) is 0.476. The Kier molecular flexibility index (Phi) is 4.97. The van der Waals surface area contributed by atoms with Gasteiger partial charge in [0.15, 0.2) is 0 Å². The Bertz CT molecular complexity index is 359. The molecule has 0 atom stereocenters. The standard InChI is InChI=1S/C14H23NO2/c1-10(2)12-6-5-11(3)14(7-12)15(4)13(8-16)9-17/h5-7,10,13,16-17H,8-9H2,1-4H3. The summed E-state index contributed by atoms with van der Waals surface area (Å²) in [4.78, 5) is 1.95. The number of nitrogens with zero attached hydrogens (tertiary/aromatic N) is 1. The van der Waals surface area contributed by atoms with Crippen LogP contribution in [-0.2, 0) is 0 Å². The Morgan fingerprint density at radius 2 is 1.76 bits per heavy atom. The molecule has 3 nitrogen and oxygen atoms in total. The van der Waals surface area contributed by atoms with Crippen molar-refractivity contribution in [3.8, 4) is 0 Å². The lowest BCUT2D eigenvalue weighted by Crippen LogP contribution is -2.38. The molecule has 96 valence electrons. The van der Waals surface area contributed by atoms with Gasteiger partial charge in [0.05, 0.1) is 19.3 Å². The second-order valence-corrected chi connectivity index (χ2v) is 4.83. The van der Waals surface area contributed by atoms with Crippen LogP contribution in [0.4, 0.5) is 5.69 Å². The molecule has 1 rings (SSSR count). The first-order valence-corrected chi connectivity index (χ1v) is 6.06. The highest BCUT2D eigenvalue weighted by atomic mass is 16.3. The van der Waals surface area contributed by atoms with Gasteiger partial charge in [0.2, 0.25) is 0 Å². The van der Waals surface area contributed by atoms with E-state index in [4.69, 9.17) is 0 Å². The maximum atomic E-state index is 9.23. The maximum Gasteiger partial charge on any atom is 0.0748 e. The summed E-state index contributed by atoms with van der Waals surface area (Å²) in [6.45, 7) is 6.27. The lowest BCUT2D eigenvalue weighted by atomic mass is 10.00. The molecule has 0 aliphatic rings. The minimum atomic E-state index is -0.240. The molecule has 0 saturated heterocycles. The van der Waals surface area contributed by atoms with E-state index in [-0.39, 0.29) is 19.3 Å². The van der Waals surface area contributed by atoms with Crippen molar-refractivity contribution in [1.29, 1.82) is 0 Å². The second-order valence-electron chi connectivity index (χ2n) is 4.83. The van der Waals surface area contributed by atoms with Crippen LogP contribution < -0.4 is 4.90 Å². The molecule has 2 N–H and O–H groups in total. The highest BCUT2D eigenvalue weighted by Gasteiger charge is 2.15. The van der Waals surface area contributed by atoms with E-state index in [0.717, 1.165) is 11.3 Å². The van der Waals surface area contributed by atoms with Gasteiger partial charge in [-0.2, -0.15) is 0 Å². The Labute approximate surface area is 104 Å². The van der Waals surface area contributed by atoms with Crippen LogP contribution in [0.5, 0.6) is 0 Å². The monoisotopic (exact) mass is 237 g/mol. The Hall–Kier alpha value is -1.06. The van der Waals surface area contributed by atoms with E-state index in [2.05, 4.69) is 32.0 Å². The first kappa shape index (κ1) is 14.0. The summed E-state index contributed by atoms with van der Waals surface area (Å²) in [6, 6.07) is 6.12. The molecule has 0 unspecified atom stereocenters. The minimum Gasteiger partial charge on any atom is -0.394 e. The van der Waals surface area contributed by atoms with Crippen molar-refractivity contribution in [2.75, 3.05) is 25.2 Å². The lowest BCUT2D eigenvalue weighted by Gasteiger charge is -2.29. The minimum absolute atomic E-state index is 0.0433. The van der Waals surface area contributed by atoms with Crippen LogP contribution in [0.3, 0.4) is 0 Å². The van der Waals surface area contributed by atoms with E-state index in [1.165, 1.54) is 5.56 Å². The number of rotatable bonds is 5. The Morgan fingerprint density at radius 3 is 2.24 bits per heavy atom. The molecule has 0 radical (unpaired) electrons. The molecule has 0 fully saturated rings. The van der Waals surface area contributed by atoms with Crippen LogP contribution in [0.1, 0.15) is 30.9 Å². The highest BCUT2D eigenvalue weighted by Crippen LogP contribution is 2.25. The molecule has 0 aliphatic carbocycles. The van der Waals surface area contributed by atoms with E-state index in [0.29, 0.717) is 5.92 Å². The first-order valence-electron chi connectivity index (χ1n) is 6.06. The third-order valence-electron chi connectivity index (χ3n) is 3.25. The number of anilines is 1. The van der Waals surface area contributed by atoms with Crippen molar-refractivity contribution in [2.24, 2.45) is 0 Å². The number of aliphatic hydroxyl groups is 2. The van der Waals surface area contributed by atoms with E-state index in [9.17, 15) is 10.2 Å². The molecule has 0 bridgehead atoms. The normalized spacial score (nSPS) is 11.3. The third kappa shape index (κ3) is 3.20. The largest absolute Gasteiger partial charge is 0.394 e. The van der Waals surface area contributed by atoms with Crippen LogP contribution in [0.15, 0.2) is 18.2 Å². The zero-order valence-corrected chi connectivity index (χ0v) is 11.1. The smallest absolute Gasteiger partial charge is 0.0748 e. The SMILES string of the molecule is Cc1ccc(C(C)C)cc1N(C)C(CO)CO. The number of aryl methyl sites for hydroxylation is 1. The zero-order valence-electron chi connectivity index (χ0n) is 11.1. The van der Waals surface area contributed by atoms with Gasteiger partial charge >= 0.3 is 0 Å². The quantitative estimate of drug-likeness (QED) is 0.822. The van der Waals surface area contributed by atoms with E-state index < -0.39 is 0 Å². The topological polar surface area (TPSA) is 43.7 Å². The van der Waals surface area contributed by atoms with Crippen molar-refractivity contribution in [2.45, 2.75) is 32.7 Å². The number of hydrogen-bond donors (Lipinski definition) is 2. The molecule has 0 aromatic heterocycles. The van der Waals surface area contributed by atoms with Gasteiger partial charge in [-0.3, -0.25) is 0 Å². The van der Waals surface area contributed by atoms with Crippen LogP contribution in [0.25, 0.3) is 0 Å². The van der Waals surface area contributed by atoms with Gasteiger partial charge < -0.3 is 15.1 Å². The van der Waals surface area contributed by atoms with Crippen LogP contribution in [0, 0.1) is 6.92 Å². The number of aliphatic hydroxyl groups excluding tert-OH is 2. The molecule has 0 aliphatic heterocycles. The predicted molar refractivity (Wildman–Crippen MR) is 71.6 cm³/mol. The van der Waals surface area contributed by atoms with Crippen molar-refractivity contribution >= 4 is 5.69 Å². The summed E-state index contributed by atoms with van der Waals surface area (Å²) >= 11 is 0. The molecule has 0 spiro atoms. The molecule has 0 heterocycles. The summed E-state index contributed by atoms with van der Waals surface area (Å²) in [7, 11) is 1.91. The first-order chi connectivity index (χ1) is 8.01. The average Bonchev–Trinajstić information content (AvgIpc) is 2.30. The molecule has 0 amide bonds. The predicted octanol–water partition coefficient (Wildman–Crippen LogP) is 1.91. The molecule has 3 heteroatoms. The Balaban J connectivity index is 3.06. The van der Waals surface area contributed by atoms with E-state index in [1.54, 1.807) is 0 Å². The van der Waals surface area contributed by atoms with Gasteiger partial charge in [-0.05, 0) is 30.0 Å². The van der Waals surface area contributed by atoms with Crippen molar-refractivity contribution in [1.82, 2.24) is 0 Å². The average molecular weight is 237 g/mol. The van der Waals surface area contributed by atoms with Gasteiger partial charge in [0.1, 0.15) is 0 Å². The fraction of sp³-hybridized carbons (Fsp3) is 0.571. The molecule has 1 aromatic rings. The van der Waals surface area contributed by atoms with Gasteiger partial charge in [0.25, 0.3) is 0 Å². The maximum absolute atomic E-state index is 9.23. The molecule has 0 saturated carbocycles. The van der Waals surface area contributed by atoms with Crippen LogP contribution in [0.2, 0.25) is 0 Å². The van der Waals surface area contributed by atoms with Crippen LogP contribution >= 0.6 is 0 Å². The van der Waals surface area contributed by atoms with Gasteiger partial charge in [-0.1, -0.05) is 26.0 Å². The molecule has 17 heavy (non-hydrogen) atoms. The zero-order chi connectivity index (χ0) is 13.0.